The molecule has 0 radical (unpaired) electrons. The molecule has 2 heteroatoms. The quantitative estimate of drug-likeness (QED) is 0.710. The van der Waals surface area contributed by atoms with Crippen molar-refractivity contribution in [2.45, 2.75) is 71.4 Å². The van der Waals surface area contributed by atoms with Gasteiger partial charge in [-0.1, -0.05) is 27.2 Å². The van der Waals surface area contributed by atoms with Crippen LogP contribution < -0.4 is 11.1 Å². The number of hydrogen-bond donors (Lipinski definition) is 2. The summed E-state index contributed by atoms with van der Waals surface area (Å²) in [6.45, 7) is 8.05. The summed E-state index contributed by atoms with van der Waals surface area (Å²) in [5.74, 6) is 0. The topological polar surface area (TPSA) is 38.0 Å². The van der Waals surface area contributed by atoms with Crippen LogP contribution in [0, 0.1) is 5.41 Å². The summed E-state index contributed by atoms with van der Waals surface area (Å²) < 4.78 is 0. The maximum absolute atomic E-state index is 5.98. The Bertz CT molecular complexity index is 177. The van der Waals surface area contributed by atoms with Gasteiger partial charge in [-0.3, -0.25) is 0 Å². The first-order valence-corrected chi connectivity index (χ1v) is 6.52. The van der Waals surface area contributed by atoms with Crippen LogP contribution in [-0.2, 0) is 0 Å². The third-order valence-electron chi connectivity index (χ3n) is 3.58. The molecule has 0 spiro atoms. The van der Waals surface area contributed by atoms with E-state index in [1.165, 1.54) is 25.7 Å². The molecule has 0 heterocycles. The van der Waals surface area contributed by atoms with Crippen molar-refractivity contribution >= 4 is 0 Å². The molecule has 0 aromatic rings. The van der Waals surface area contributed by atoms with Crippen molar-refractivity contribution in [3.05, 3.63) is 0 Å². The molecule has 1 aliphatic rings. The van der Waals surface area contributed by atoms with E-state index in [0.717, 1.165) is 25.4 Å². The van der Waals surface area contributed by atoms with Gasteiger partial charge in [-0.15, -0.1) is 0 Å². The monoisotopic (exact) mass is 212 g/mol. The average Bonchev–Trinajstić information content (AvgIpc) is 2.46. The molecule has 1 rings (SSSR count). The molecule has 2 nitrogen and oxygen atoms in total. The molecular weight excluding hydrogens is 184 g/mol. The van der Waals surface area contributed by atoms with Gasteiger partial charge in [0.05, 0.1) is 0 Å². The van der Waals surface area contributed by atoms with E-state index in [9.17, 15) is 0 Å². The highest BCUT2D eigenvalue weighted by Crippen LogP contribution is 2.36. The highest BCUT2D eigenvalue weighted by Gasteiger charge is 2.30. The van der Waals surface area contributed by atoms with Gasteiger partial charge in [0.25, 0.3) is 0 Å². The Labute approximate surface area is 95.0 Å². The summed E-state index contributed by atoms with van der Waals surface area (Å²) in [6, 6.07) is 1.14. The molecule has 0 aliphatic heterocycles. The zero-order chi connectivity index (χ0) is 11.3. The standard InChI is InChI=1S/C13H28N2/c1-4-5-11(14)7-9-15-12-6-8-13(2,3)10-12/h11-12,15H,4-10,14H2,1-3H3. The summed E-state index contributed by atoms with van der Waals surface area (Å²) in [5, 5.41) is 3.65. The van der Waals surface area contributed by atoms with Gasteiger partial charge in [0, 0.05) is 12.1 Å². The van der Waals surface area contributed by atoms with E-state index in [-0.39, 0.29) is 0 Å². The lowest BCUT2D eigenvalue weighted by molar-refractivity contribution is 0.362. The van der Waals surface area contributed by atoms with Crippen LogP contribution in [-0.4, -0.2) is 18.6 Å². The van der Waals surface area contributed by atoms with Gasteiger partial charge in [0.2, 0.25) is 0 Å². The average molecular weight is 212 g/mol. The Morgan fingerprint density at radius 1 is 1.40 bits per heavy atom. The van der Waals surface area contributed by atoms with Crippen LogP contribution in [0.15, 0.2) is 0 Å². The second kappa shape index (κ2) is 5.86. The fraction of sp³-hybridized carbons (Fsp3) is 1.00. The first kappa shape index (κ1) is 13.0. The Kier molecular flexibility index (Phi) is 5.07. The summed E-state index contributed by atoms with van der Waals surface area (Å²) in [6.07, 6.45) is 7.54. The molecule has 2 atom stereocenters. The van der Waals surface area contributed by atoms with Gasteiger partial charge in [-0.2, -0.15) is 0 Å². The van der Waals surface area contributed by atoms with Crippen molar-refractivity contribution in [3.63, 3.8) is 0 Å². The predicted molar refractivity (Wildman–Crippen MR) is 66.9 cm³/mol. The molecule has 1 fully saturated rings. The molecule has 0 aromatic carbocycles. The van der Waals surface area contributed by atoms with Crippen molar-refractivity contribution in [2.75, 3.05) is 6.54 Å². The van der Waals surface area contributed by atoms with Gasteiger partial charge in [0.1, 0.15) is 0 Å². The number of nitrogens with one attached hydrogen (secondary N) is 1. The highest BCUT2D eigenvalue weighted by molar-refractivity contribution is 4.86. The van der Waals surface area contributed by atoms with E-state index in [1.807, 2.05) is 0 Å². The second-order valence-corrected chi connectivity index (χ2v) is 5.90. The smallest absolute Gasteiger partial charge is 0.00723 e. The van der Waals surface area contributed by atoms with E-state index in [2.05, 4.69) is 26.1 Å². The Morgan fingerprint density at radius 3 is 2.67 bits per heavy atom. The molecule has 1 aliphatic carbocycles. The fourth-order valence-electron chi connectivity index (χ4n) is 2.60. The largest absolute Gasteiger partial charge is 0.328 e. The molecule has 1 saturated carbocycles. The molecule has 0 amide bonds. The van der Waals surface area contributed by atoms with E-state index >= 15 is 0 Å². The lowest BCUT2D eigenvalue weighted by Gasteiger charge is -2.18. The van der Waals surface area contributed by atoms with Gasteiger partial charge >= 0.3 is 0 Å². The lowest BCUT2D eigenvalue weighted by atomic mass is 9.92. The third kappa shape index (κ3) is 4.98. The van der Waals surface area contributed by atoms with E-state index in [1.54, 1.807) is 0 Å². The maximum Gasteiger partial charge on any atom is 0.00723 e. The normalized spacial score (nSPS) is 26.8. The third-order valence-corrected chi connectivity index (χ3v) is 3.58. The Morgan fingerprint density at radius 2 is 2.13 bits per heavy atom. The highest BCUT2D eigenvalue weighted by atomic mass is 14.9. The van der Waals surface area contributed by atoms with Crippen LogP contribution in [0.2, 0.25) is 0 Å². The second-order valence-electron chi connectivity index (χ2n) is 5.90. The minimum atomic E-state index is 0.400. The molecular formula is C13H28N2. The van der Waals surface area contributed by atoms with E-state index < -0.39 is 0 Å². The Hall–Kier alpha value is -0.0800. The van der Waals surface area contributed by atoms with Crippen molar-refractivity contribution in [2.24, 2.45) is 11.1 Å². The fourth-order valence-corrected chi connectivity index (χ4v) is 2.60. The van der Waals surface area contributed by atoms with Crippen LogP contribution in [0.1, 0.15) is 59.3 Å². The van der Waals surface area contributed by atoms with Crippen LogP contribution in [0.3, 0.4) is 0 Å². The molecule has 2 unspecified atom stereocenters. The van der Waals surface area contributed by atoms with Gasteiger partial charge in [-0.25, -0.2) is 0 Å². The van der Waals surface area contributed by atoms with Crippen molar-refractivity contribution in [1.29, 1.82) is 0 Å². The lowest BCUT2D eigenvalue weighted by Crippen LogP contribution is -2.32. The Balaban J connectivity index is 2.06. The molecule has 0 aromatic heterocycles. The predicted octanol–water partition coefficient (Wildman–Crippen LogP) is 2.67. The minimum absolute atomic E-state index is 0.400. The van der Waals surface area contributed by atoms with Crippen molar-refractivity contribution < 1.29 is 0 Å². The van der Waals surface area contributed by atoms with Gasteiger partial charge < -0.3 is 11.1 Å². The van der Waals surface area contributed by atoms with Gasteiger partial charge in [-0.05, 0) is 44.1 Å². The number of nitrogens with two attached hydrogens (primary N) is 1. The molecule has 0 saturated heterocycles. The van der Waals surface area contributed by atoms with E-state index in [0.29, 0.717) is 11.5 Å². The van der Waals surface area contributed by atoms with Crippen LogP contribution in [0.25, 0.3) is 0 Å². The van der Waals surface area contributed by atoms with E-state index in [4.69, 9.17) is 5.73 Å². The molecule has 3 N–H and O–H groups in total. The van der Waals surface area contributed by atoms with Crippen molar-refractivity contribution in [3.8, 4) is 0 Å². The zero-order valence-electron chi connectivity index (χ0n) is 10.7. The molecule has 90 valence electrons. The summed E-state index contributed by atoms with van der Waals surface area (Å²) in [5.41, 5.74) is 6.54. The van der Waals surface area contributed by atoms with Crippen molar-refractivity contribution in [1.82, 2.24) is 5.32 Å². The summed E-state index contributed by atoms with van der Waals surface area (Å²) in [4.78, 5) is 0. The minimum Gasteiger partial charge on any atom is -0.328 e. The van der Waals surface area contributed by atoms with Gasteiger partial charge in [0.15, 0.2) is 0 Å². The van der Waals surface area contributed by atoms with Crippen LogP contribution in [0.5, 0.6) is 0 Å². The molecule has 15 heavy (non-hydrogen) atoms. The molecule has 0 bridgehead atoms. The maximum atomic E-state index is 5.98. The first-order valence-electron chi connectivity index (χ1n) is 6.52. The van der Waals surface area contributed by atoms with Crippen LogP contribution in [0.4, 0.5) is 0 Å². The summed E-state index contributed by atoms with van der Waals surface area (Å²) >= 11 is 0. The van der Waals surface area contributed by atoms with Crippen LogP contribution >= 0.6 is 0 Å². The number of rotatable bonds is 6. The summed E-state index contributed by atoms with van der Waals surface area (Å²) in [7, 11) is 0. The zero-order valence-corrected chi connectivity index (χ0v) is 10.7. The SMILES string of the molecule is CCCC(N)CCNC1CCC(C)(C)C1. The number of hydrogen-bond acceptors (Lipinski definition) is 2. The first-order chi connectivity index (χ1) is 7.03.